The highest BCUT2D eigenvalue weighted by Gasteiger charge is 2.49. The number of pyridine rings is 1. The number of aromatic nitrogens is 1. The van der Waals surface area contributed by atoms with Gasteiger partial charge in [0.1, 0.15) is 17.4 Å². The molecule has 1 saturated carbocycles. The molecule has 2 fully saturated rings. The van der Waals surface area contributed by atoms with E-state index < -0.39 is 48.6 Å². The Labute approximate surface area is 210 Å². The molecular weight excluding hydrogens is 516 g/mol. The van der Waals surface area contributed by atoms with Gasteiger partial charge in [0.2, 0.25) is 11.3 Å². The van der Waals surface area contributed by atoms with Crippen LogP contribution >= 0.6 is 7.60 Å². The number of likely N-dealkylation sites (N-methyl/N-ethyl adjacent to an activating group) is 1. The van der Waals surface area contributed by atoms with E-state index in [-0.39, 0.29) is 28.5 Å². The predicted octanol–water partition coefficient (Wildman–Crippen LogP) is 2.79. The van der Waals surface area contributed by atoms with E-state index in [1.807, 2.05) is 0 Å². The minimum absolute atomic E-state index is 0.0425. The second-order valence-corrected chi connectivity index (χ2v) is 11.3. The number of hydrogen-bond acceptors (Lipinski definition) is 5. The van der Waals surface area contributed by atoms with Gasteiger partial charge in [0.15, 0.2) is 0 Å². The van der Waals surface area contributed by atoms with Crippen LogP contribution in [0.15, 0.2) is 23.1 Å². The van der Waals surface area contributed by atoms with Gasteiger partial charge in [0.25, 0.3) is 5.91 Å². The van der Waals surface area contributed by atoms with E-state index >= 15 is 4.39 Å². The summed E-state index contributed by atoms with van der Waals surface area (Å²) in [6.45, 7) is -1.33. The van der Waals surface area contributed by atoms with Crippen molar-refractivity contribution in [1.29, 1.82) is 0 Å². The van der Waals surface area contributed by atoms with Crippen LogP contribution in [0.4, 0.5) is 18.9 Å². The second kappa shape index (κ2) is 10.1. The first kappa shape index (κ1) is 27.2. The third-order valence-corrected chi connectivity index (χ3v) is 7.96. The molecule has 10 nitrogen and oxygen atoms in total. The third kappa shape index (κ3) is 5.39. The Morgan fingerprint density at radius 3 is 2.43 bits per heavy atom. The molecule has 1 aliphatic heterocycles. The van der Waals surface area contributed by atoms with Crippen LogP contribution in [0.2, 0.25) is 0 Å². The molecule has 202 valence electrons. The van der Waals surface area contributed by atoms with Crippen molar-refractivity contribution in [1.82, 2.24) is 14.8 Å². The number of nitrogens with one attached hydrogen (secondary N) is 2. The molecule has 4 rings (SSSR count). The van der Waals surface area contributed by atoms with Gasteiger partial charge < -0.3 is 29.9 Å². The fraction of sp³-hybridized carbons (Fsp3) is 0.522. The van der Waals surface area contributed by atoms with Crippen LogP contribution in [0.25, 0.3) is 10.9 Å². The van der Waals surface area contributed by atoms with Gasteiger partial charge in [-0.3, -0.25) is 18.9 Å². The number of fused-ring (bicyclic) bond motifs is 1. The van der Waals surface area contributed by atoms with Gasteiger partial charge >= 0.3 is 13.3 Å². The van der Waals surface area contributed by atoms with Crippen molar-refractivity contribution in [2.75, 3.05) is 25.5 Å². The summed E-state index contributed by atoms with van der Waals surface area (Å²) in [5, 5.41) is 4.61. The van der Waals surface area contributed by atoms with Gasteiger partial charge in [-0.05, 0) is 31.4 Å². The van der Waals surface area contributed by atoms with Crippen LogP contribution in [-0.2, 0) is 9.36 Å². The number of anilines is 1. The van der Waals surface area contributed by atoms with Gasteiger partial charge in [-0.2, -0.15) is 8.78 Å². The quantitative estimate of drug-likeness (QED) is 0.393. The molecular formula is C23H28F3N4O6P. The highest BCUT2D eigenvalue weighted by atomic mass is 31.2. The zero-order chi connectivity index (χ0) is 27.1. The van der Waals surface area contributed by atoms with Crippen molar-refractivity contribution < 1.29 is 37.1 Å². The average molecular weight is 544 g/mol. The minimum atomic E-state index is -5.88. The van der Waals surface area contributed by atoms with Crippen LogP contribution in [-0.4, -0.2) is 62.9 Å². The van der Waals surface area contributed by atoms with E-state index in [0.717, 1.165) is 44.4 Å². The SMILES string of the molecule is CN1CCC(n2cc(C(=O)NCC(F)(F)P(=O)(O)O)c(=O)c3cc(F)c(NC4CCCCC4)cc32)C1=O. The Balaban J connectivity index is 1.78. The summed E-state index contributed by atoms with van der Waals surface area (Å²) >= 11 is 0. The highest BCUT2D eigenvalue weighted by Crippen LogP contribution is 2.52. The standard InChI is InChI=1S/C23H28F3N4O6P/c1-29-8-7-18(22(29)33)30-11-15(21(32)27-12-23(25,26)37(34,35)36)20(31)14-9-16(24)17(10-19(14)30)28-13-5-3-2-4-6-13/h9-11,13,18,28H,2-8,12H2,1H3,(H,27,32)(H2,34,35,36). The fourth-order valence-electron chi connectivity index (χ4n) is 4.81. The van der Waals surface area contributed by atoms with E-state index in [9.17, 15) is 27.7 Å². The summed E-state index contributed by atoms with van der Waals surface area (Å²) in [7, 11) is -4.29. The number of hydrogen-bond donors (Lipinski definition) is 4. The summed E-state index contributed by atoms with van der Waals surface area (Å²) in [5.74, 6) is -2.39. The zero-order valence-electron chi connectivity index (χ0n) is 20.0. The number of halogens is 3. The molecule has 1 aromatic heterocycles. The molecule has 37 heavy (non-hydrogen) atoms. The number of carbonyl (C=O) groups is 2. The molecule has 0 radical (unpaired) electrons. The number of likely N-dealkylation sites (tertiary alicyclic amines) is 1. The molecule has 1 aliphatic carbocycles. The van der Waals surface area contributed by atoms with E-state index in [1.165, 1.54) is 15.5 Å². The van der Waals surface area contributed by atoms with Gasteiger partial charge in [0, 0.05) is 31.2 Å². The fourth-order valence-corrected chi connectivity index (χ4v) is 5.10. The summed E-state index contributed by atoms with van der Waals surface area (Å²) < 4.78 is 54.9. The second-order valence-electron chi connectivity index (χ2n) is 9.56. The van der Waals surface area contributed by atoms with Crippen molar-refractivity contribution in [2.45, 2.75) is 56.3 Å². The molecule has 1 unspecified atom stereocenters. The number of rotatable bonds is 7. The average Bonchev–Trinajstić information content (AvgIpc) is 3.17. The number of nitrogens with zero attached hydrogens (tertiary/aromatic N) is 2. The van der Waals surface area contributed by atoms with Gasteiger partial charge in [-0.1, -0.05) is 19.3 Å². The monoisotopic (exact) mass is 544 g/mol. The van der Waals surface area contributed by atoms with Gasteiger partial charge in [0.05, 0.1) is 17.7 Å². The van der Waals surface area contributed by atoms with E-state index in [2.05, 4.69) is 5.32 Å². The zero-order valence-corrected chi connectivity index (χ0v) is 20.9. The maximum Gasteiger partial charge on any atom is 0.396 e. The topological polar surface area (TPSA) is 141 Å². The number of amides is 2. The molecule has 14 heteroatoms. The summed E-state index contributed by atoms with van der Waals surface area (Å²) in [4.78, 5) is 57.7. The van der Waals surface area contributed by atoms with Crippen molar-refractivity contribution in [2.24, 2.45) is 0 Å². The van der Waals surface area contributed by atoms with E-state index in [1.54, 1.807) is 12.4 Å². The Morgan fingerprint density at radius 2 is 1.84 bits per heavy atom. The summed E-state index contributed by atoms with van der Waals surface area (Å²) in [6, 6.07) is 1.57. The first-order chi connectivity index (χ1) is 17.3. The molecule has 2 amide bonds. The number of carbonyl (C=O) groups excluding carboxylic acids is 2. The molecule has 1 aromatic carbocycles. The van der Waals surface area contributed by atoms with Crippen LogP contribution in [0.3, 0.4) is 0 Å². The van der Waals surface area contributed by atoms with Crippen LogP contribution in [0, 0.1) is 5.82 Å². The third-order valence-electron chi connectivity index (χ3n) is 6.95. The van der Waals surface area contributed by atoms with Gasteiger partial charge in [-0.15, -0.1) is 0 Å². The maximum atomic E-state index is 15.1. The van der Waals surface area contributed by atoms with E-state index in [0.29, 0.717) is 13.0 Å². The van der Waals surface area contributed by atoms with Crippen LogP contribution in [0.1, 0.15) is 54.9 Å². The summed E-state index contributed by atoms with van der Waals surface area (Å²) in [5.41, 5.74) is -5.86. The minimum Gasteiger partial charge on any atom is -0.380 e. The van der Waals surface area contributed by atoms with Crippen molar-refractivity contribution in [3.63, 3.8) is 0 Å². The maximum absolute atomic E-state index is 15.1. The largest absolute Gasteiger partial charge is 0.396 e. The lowest BCUT2D eigenvalue weighted by atomic mass is 9.95. The Morgan fingerprint density at radius 1 is 1.16 bits per heavy atom. The highest BCUT2D eigenvalue weighted by molar-refractivity contribution is 7.53. The molecule has 2 aliphatic rings. The van der Waals surface area contributed by atoms with Gasteiger partial charge in [-0.25, -0.2) is 4.39 Å². The molecule has 4 N–H and O–H groups in total. The first-order valence-corrected chi connectivity index (χ1v) is 13.5. The van der Waals surface area contributed by atoms with Crippen LogP contribution in [0.5, 0.6) is 0 Å². The normalized spacial score (nSPS) is 19.5. The molecule has 2 aromatic rings. The number of alkyl halides is 2. The van der Waals surface area contributed by atoms with Crippen molar-refractivity contribution >= 4 is 36.0 Å². The first-order valence-electron chi connectivity index (χ1n) is 11.9. The molecule has 2 heterocycles. The van der Waals surface area contributed by atoms with E-state index in [4.69, 9.17) is 9.79 Å². The Hall–Kier alpha value is -2.89. The van der Waals surface area contributed by atoms with Crippen LogP contribution < -0.4 is 16.1 Å². The number of benzene rings is 1. The van der Waals surface area contributed by atoms with Crippen molar-refractivity contribution in [3.8, 4) is 0 Å². The molecule has 0 spiro atoms. The summed E-state index contributed by atoms with van der Waals surface area (Å²) in [6.07, 6.45) is 6.19. The molecule has 1 saturated heterocycles. The lowest BCUT2D eigenvalue weighted by molar-refractivity contribution is -0.129. The Bertz CT molecular complexity index is 1340. The molecule has 0 bridgehead atoms. The van der Waals surface area contributed by atoms with Crippen molar-refractivity contribution in [3.05, 3.63) is 39.9 Å². The lowest BCUT2D eigenvalue weighted by Gasteiger charge is -2.25. The molecule has 1 atom stereocenters. The predicted molar refractivity (Wildman–Crippen MR) is 129 cm³/mol. The lowest BCUT2D eigenvalue weighted by Crippen LogP contribution is -2.39. The Kier molecular flexibility index (Phi) is 7.42. The smallest absolute Gasteiger partial charge is 0.380 e.